The topological polar surface area (TPSA) is 51.9 Å². The summed E-state index contributed by atoms with van der Waals surface area (Å²) in [5.41, 5.74) is 1.51. The van der Waals surface area contributed by atoms with Gasteiger partial charge in [-0.2, -0.15) is 0 Å². The molecule has 19 heavy (non-hydrogen) atoms. The van der Waals surface area contributed by atoms with Crippen LogP contribution in [0.25, 0.3) is 0 Å². The lowest BCUT2D eigenvalue weighted by atomic mass is 10.1. The van der Waals surface area contributed by atoms with Gasteiger partial charge in [-0.05, 0) is 18.6 Å². The molecule has 0 aliphatic heterocycles. The third kappa shape index (κ3) is 5.26. The highest BCUT2D eigenvalue weighted by atomic mass is 35.5. The average Bonchev–Trinajstić information content (AvgIpc) is 2.34. The van der Waals surface area contributed by atoms with Gasteiger partial charge in [0.2, 0.25) is 0 Å². The number of H-pyrrole nitrogens is 2. The number of halogens is 2. The Morgan fingerprint density at radius 2 is 1.84 bits per heavy atom. The van der Waals surface area contributed by atoms with E-state index in [1.54, 1.807) is 0 Å². The molecule has 4 nitrogen and oxygen atoms in total. The highest BCUT2D eigenvalue weighted by Gasteiger charge is 2.12. The summed E-state index contributed by atoms with van der Waals surface area (Å²) in [6, 6.07) is 0. The fourth-order valence-corrected chi connectivity index (χ4v) is 2.62. The van der Waals surface area contributed by atoms with Crippen molar-refractivity contribution < 1.29 is 0 Å². The first-order valence-electron chi connectivity index (χ1n) is 6.31. The van der Waals surface area contributed by atoms with Gasteiger partial charge in [-0.1, -0.05) is 13.3 Å². The SMILES string of the molecule is CCCc1[nH]c(=S)[nH]c(=O)c1CN(CCCl)CCCl. The van der Waals surface area contributed by atoms with Crippen LogP contribution in [0.15, 0.2) is 4.79 Å². The minimum absolute atomic E-state index is 0.124. The van der Waals surface area contributed by atoms with Crippen LogP contribution >= 0.6 is 35.4 Å². The van der Waals surface area contributed by atoms with E-state index in [0.717, 1.165) is 24.1 Å². The van der Waals surface area contributed by atoms with E-state index in [0.29, 0.717) is 36.2 Å². The number of rotatable bonds is 8. The quantitative estimate of drug-likeness (QED) is 0.571. The van der Waals surface area contributed by atoms with Crippen LogP contribution in [0.1, 0.15) is 24.6 Å². The maximum atomic E-state index is 12.0. The molecule has 1 heterocycles. The van der Waals surface area contributed by atoms with Crippen LogP contribution in [0.4, 0.5) is 0 Å². The zero-order chi connectivity index (χ0) is 14.3. The van der Waals surface area contributed by atoms with Gasteiger partial charge >= 0.3 is 0 Å². The highest BCUT2D eigenvalue weighted by Crippen LogP contribution is 2.07. The van der Waals surface area contributed by atoms with Gasteiger partial charge in [0.25, 0.3) is 5.56 Å². The van der Waals surface area contributed by atoms with Gasteiger partial charge in [0.1, 0.15) is 0 Å². The molecule has 0 saturated heterocycles. The summed E-state index contributed by atoms with van der Waals surface area (Å²) in [6.45, 7) is 4.01. The second kappa shape index (κ2) is 8.74. The Bertz CT molecular complexity index is 494. The Morgan fingerprint density at radius 3 is 2.37 bits per heavy atom. The van der Waals surface area contributed by atoms with Crippen molar-refractivity contribution in [3.05, 3.63) is 26.4 Å². The lowest BCUT2D eigenvalue weighted by molar-refractivity contribution is 0.296. The van der Waals surface area contributed by atoms with E-state index < -0.39 is 0 Å². The van der Waals surface area contributed by atoms with Gasteiger partial charge in [0.05, 0.1) is 5.56 Å². The first kappa shape index (κ1) is 16.7. The second-order valence-electron chi connectivity index (χ2n) is 4.27. The molecule has 0 radical (unpaired) electrons. The molecule has 0 bridgehead atoms. The molecule has 1 rings (SSSR count). The van der Waals surface area contributed by atoms with Crippen LogP contribution in [0.2, 0.25) is 0 Å². The van der Waals surface area contributed by atoms with Crippen molar-refractivity contribution in [1.82, 2.24) is 14.9 Å². The zero-order valence-electron chi connectivity index (χ0n) is 11.0. The van der Waals surface area contributed by atoms with Gasteiger partial charge in [-0.25, -0.2) is 0 Å². The monoisotopic (exact) mass is 323 g/mol. The number of hydrogen-bond acceptors (Lipinski definition) is 3. The van der Waals surface area contributed by atoms with Crippen LogP contribution in [-0.2, 0) is 13.0 Å². The van der Waals surface area contributed by atoms with Crippen molar-refractivity contribution in [3.63, 3.8) is 0 Å². The summed E-state index contributed by atoms with van der Waals surface area (Å²) >= 11 is 16.5. The predicted molar refractivity (Wildman–Crippen MR) is 83.0 cm³/mol. The van der Waals surface area contributed by atoms with Crippen molar-refractivity contribution in [2.75, 3.05) is 24.8 Å². The first-order valence-corrected chi connectivity index (χ1v) is 7.78. The maximum Gasteiger partial charge on any atom is 0.256 e. The van der Waals surface area contributed by atoms with E-state index >= 15 is 0 Å². The van der Waals surface area contributed by atoms with Crippen molar-refractivity contribution >= 4 is 35.4 Å². The Kier molecular flexibility index (Phi) is 7.68. The number of alkyl halides is 2. The van der Waals surface area contributed by atoms with Crippen molar-refractivity contribution in [2.45, 2.75) is 26.3 Å². The number of aryl methyl sites for hydroxylation is 1. The van der Waals surface area contributed by atoms with Gasteiger partial charge in [0.15, 0.2) is 4.77 Å². The van der Waals surface area contributed by atoms with E-state index in [4.69, 9.17) is 35.4 Å². The molecule has 0 saturated carbocycles. The lowest BCUT2D eigenvalue weighted by Crippen LogP contribution is -2.31. The number of aromatic amines is 2. The van der Waals surface area contributed by atoms with E-state index in [2.05, 4.69) is 21.8 Å². The van der Waals surface area contributed by atoms with Crippen LogP contribution in [0.3, 0.4) is 0 Å². The minimum Gasteiger partial charge on any atom is -0.336 e. The fourth-order valence-electron chi connectivity index (χ4n) is 1.92. The minimum atomic E-state index is -0.124. The van der Waals surface area contributed by atoms with E-state index in [9.17, 15) is 4.79 Å². The third-order valence-electron chi connectivity index (χ3n) is 2.81. The molecule has 0 aromatic carbocycles. The molecule has 0 unspecified atom stereocenters. The van der Waals surface area contributed by atoms with Gasteiger partial charge in [0, 0.05) is 37.1 Å². The Balaban J connectivity index is 3.03. The maximum absolute atomic E-state index is 12.0. The molecule has 0 aliphatic carbocycles. The van der Waals surface area contributed by atoms with Crippen molar-refractivity contribution in [3.8, 4) is 0 Å². The fraction of sp³-hybridized carbons (Fsp3) is 0.667. The highest BCUT2D eigenvalue weighted by molar-refractivity contribution is 7.71. The van der Waals surface area contributed by atoms with Gasteiger partial charge < -0.3 is 4.98 Å². The normalized spacial score (nSPS) is 11.2. The van der Waals surface area contributed by atoms with Crippen LogP contribution in [0, 0.1) is 4.77 Å². The summed E-state index contributed by atoms with van der Waals surface area (Å²) in [7, 11) is 0. The van der Waals surface area contributed by atoms with Crippen molar-refractivity contribution in [1.29, 1.82) is 0 Å². The summed E-state index contributed by atoms with van der Waals surface area (Å²) in [6.07, 6.45) is 1.76. The molecule has 0 spiro atoms. The molecule has 0 amide bonds. The number of hydrogen-bond donors (Lipinski definition) is 2. The summed E-state index contributed by atoms with van der Waals surface area (Å²) < 4.78 is 0.374. The molecular formula is C12H19Cl2N3OS. The van der Waals surface area contributed by atoms with Crippen LogP contribution < -0.4 is 5.56 Å². The second-order valence-corrected chi connectivity index (χ2v) is 5.43. The molecule has 7 heteroatoms. The van der Waals surface area contributed by atoms with Crippen LogP contribution in [-0.4, -0.2) is 39.7 Å². The Hall–Kier alpha value is -0.360. The lowest BCUT2D eigenvalue weighted by Gasteiger charge is -2.20. The molecular weight excluding hydrogens is 305 g/mol. The number of nitrogens with zero attached hydrogens (tertiary/aromatic N) is 1. The molecule has 0 aliphatic rings. The molecule has 108 valence electrons. The molecule has 0 atom stereocenters. The van der Waals surface area contributed by atoms with Crippen LogP contribution in [0.5, 0.6) is 0 Å². The first-order chi connectivity index (χ1) is 9.12. The molecule has 1 aromatic rings. The summed E-state index contributed by atoms with van der Waals surface area (Å²) in [5, 5.41) is 0. The molecule has 1 aromatic heterocycles. The van der Waals surface area contributed by atoms with Gasteiger partial charge in [-0.3, -0.25) is 14.7 Å². The Labute approximate surface area is 128 Å². The van der Waals surface area contributed by atoms with Gasteiger partial charge in [-0.15, -0.1) is 23.2 Å². The standard InChI is InChI=1S/C12H19Cl2N3OS/c1-2-3-10-9(11(18)16-12(19)15-10)8-17(6-4-13)7-5-14/h2-8H2,1H3,(H2,15,16,18,19). The van der Waals surface area contributed by atoms with E-state index in [1.165, 1.54) is 0 Å². The zero-order valence-corrected chi connectivity index (χ0v) is 13.3. The molecule has 2 N–H and O–H groups in total. The Morgan fingerprint density at radius 1 is 1.21 bits per heavy atom. The predicted octanol–water partition coefficient (Wildman–Crippen LogP) is 2.66. The van der Waals surface area contributed by atoms with E-state index in [1.807, 2.05) is 0 Å². The molecule has 0 fully saturated rings. The smallest absolute Gasteiger partial charge is 0.256 e. The number of nitrogens with one attached hydrogen (secondary N) is 2. The van der Waals surface area contributed by atoms with Crippen molar-refractivity contribution in [2.24, 2.45) is 0 Å². The third-order valence-corrected chi connectivity index (χ3v) is 3.36. The largest absolute Gasteiger partial charge is 0.336 e. The van der Waals surface area contributed by atoms with E-state index in [-0.39, 0.29) is 5.56 Å². The average molecular weight is 324 g/mol. The summed E-state index contributed by atoms with van der Waals surface area (Å²) in [4.78, 5) is 19.8. The number of aromatic nitrogens is 2. The summed E-state index contributed by atoms with van der Waals surface area (Å²) in [5.74, 6) is 1.03.